The lowest BCUT2D eigenvalue weighted by Crippen LogP contribution is -2.23. The van der Waals surface area contributed by atoms with E-state index in [0.29, 0.717) is 11.3 Å². The van der Waals surface area contributed by atoms with Gasteiger partial charge in [-0.3, -0.25) is 4.79 Å². The van der Waals surface area contributed by atoms with Crippen LogP contribution in [-0.4, -0.2) is 22.0 Å². The number of rotatable bonds is 5. The molecule has 1 aromatic carbocycles. The van der Waals surface area contributed by atoms with Crippen molar-refractivity contribution in [3.05, 3.63) is 65.0 Å². The lowest BCUT2D eigenvalue weighted by atomic mass is 10.1. The molecule has 0 saturated carbocycles. The zero-order chi connectivity index (χ0) is 16.2. The molecule has 0 unspecified atom stereocenters. The number of benzene rings is 1. The summed E-state index contributed by atoms with van der Waals surface area (Å²) in [5.74, 6) is -0.950. The number of aromatic nitrogens is 1. The first kappa shape index (κ1) is 15.0. The standard InChI is InChI=1S/C16H12N2O4S/c19-15(13-14(22-9-18-13)12-5-2-6-23-12)17-8-10-3-1-4-11(7-10)16(20)21/h1-7,9H,8H2,(H,17,19)(H,20,21). The molecule has 0 aliphatic rings. The van der Waals surface area contributed by atoms with Crippen LogP contribution in [0.3, 0.4) is 0 Å². The van der Waals surface area contributed by atoms with Crippen molar-refractivity contribution in [2.75, 3.05) is 0 Å². The van der Waals surface area contributed by atoms with E-state index in [0.717, 1.165) is 4.88 Å². The van der Waals surface area contributed by atoms with E-state index in [1.165, 1.54) is 29.9 Å². The van der Waals surface area contributed by atoms with Gasteiger partial charge in [-0.05, 0) is 29.1 Å². The molecule has 0 radical (unpaired) electrons. The molecule has 2 aromatic heterocycles. The molecule has 0 saturated heterocycles. The molecule has 0 fully saturated rings. The van der Waals surface area contributed by atoms with Crippen LogP contribution in [-0.2, 0) is 6.54 Å². The van der Waals surface area contributed by atoms with E-state index in [-0.39, 0.29) is 23.7 Å². The summed E-state index contributed by atoms with van der Waals surface area (Å²) < 4.78 is 5.29. The van der Waals surface area contributed by atoms with E-state index >= 15 is 0 Å². The van der Waals surface area contributed by atoms with Crippen LogP contribution in [0.15, 0.2) is 52.6 Å². The molecular formula is C16H12N2O4S. The van der Waals surface area contributed by atoms with Crippen molar-refractivity contribution in [3.8, 4) is 10.6 Å². The maximum atomic E-state index is 12.3. The SMILES string of the molecule is O=C(O)c1cccc(CNC(=O)c2ncoc2-c2cccs2)c1. The van der Waals surface area contributed by atoms with Crippen molar-refractivity contribution in [2.45, 2.75) is 6.54 Å². The van der Waals surface area contributed by atoms with E-state index < -0.39 is 5.97 Å². The number of carboxylic acids is 1. The molecule has 0 bridgehead atoms. The van der Waals surface area contributed by atoms with Crippen LogP contribution in [0.25, 0.3) is 10.6 Å². The van der Waals surface area contributed by atoms with Gasteiger partial charge < -0.3 is 14.8 Å². The van der Waals surface area contributed by atoms with Gasteiger partial charge in [-0.1, -0.05) is 18.2 Å². The predicted octanol–water partition coefficient (Wildman–Crippen LogP) is 3.03. The summed E-state index contributed by atoms with van der Waals surface area (Å²) in [7, 11) is 0. The molecule has 3 aromatic rings. The minimum atomic E-state index is -1.00. The number of nitrogens with one attached hydrogen (secondary N) is 1. The normalized spacial score (nSPS) is 10.4. The van der Waals surface area contributed by atoms with Crippen molar-refractivity contribution in [1.29, 1.82) is 0 Å². The fourth-order valence-electron chi connectivity index (χ4n) is 2.07. The molecule has 2 N–H and O–H groups in total. The Morgan fingerprint density at radius 3 is 2.87 bits per heavy atom. The highest BCUT2D eigenvalue weighted by Gasteiger charge is 2.18. The summed E-state index contributed by atoms with van der Waals surface area (Å²) in [6, 6.07) is 10.1. The second-order valence-corrected chi connectivity index (χ2v) is 5.64. The average Bonchev–Trinajstić information content (AvgIpc) is 3.23. The predicted molar refractivity (Wildman–Crippen MR) is 84.4 cm³/mol. The Hall–Kier alpha value is -2.93. The lowest BCUT2D eigenvalue weighted by Gasteiger charge is -2.05. The van der Waals surface area contributed by atoms with Crippen LogP contribution in [0, 0.1) is 0 Å². The van der Waals surface area contributed by atoms with Crippen LogP contribution < -0.4 is 5.32 Å². The number of hydrogen-bond acceptors (Lipinski definition) is 5. The zero-order valence-electron chi connectivity index (χ0n) is 11.9. The third-order valence-corrected chi connectivity index (χ3v) is 4.02. The average molecular weight is 328 g/mol. The van der Waals surface area contributed by atoms with Crippen molar-refractivity contribution >= 4 is 23.2 Å². The Balaban J connectivity index is 1.72. The number of amides is 1. The zero-order valence-corrected chi connectivity index (χ0v) is 12.7. The highest BCUT2D eigenvalue weighted by Crippen LogP contribution is 2.27. The second kappa shape index (κ2) is 6.45. The Kier molecular flexibility index (Phi) is 4.20. The largest absolute Gasteiger partial charge is 0.478 e. The molecule has 23 heavy (non-hydrogen) atoms. The van der Waals surface area contributed by atoms with Gasteiger partial charge in [0.15, 0.2) is 17.8 Å². The van der Waals surface area contributed by atoms with E-state index in [9.17, 15) is 9.59 Å². The first-order valence-electron chi connectivity index (χ1n) is 6.73. The van der Waals surface area contributed by atoms with E-state index in [1.54, 1.807) is 12.1 Å². The van der Waals surface area contributed by atoms with Crippen LogP contribution in [0.5, 0.6) is 0 Å². The summed E-state index contributed by atoms with van der Waals surface area (Å²) in [6.45, 7) is 0.205. The third kappa shape index (κ3) is 3.29. The van der Waals surface area contributed by atoms with Gasteiger partial charge in [0, 0.05) is 6.54 Å². The Bertz CT molecular complexity index is 839. The Labute approximate surface area is 135 Å². The van der Waals surface area contributed by atoms with Gasteiger partial charge in [0.2, 0.25) is 0 Å². The van der Waals surface area contributed by atoms with Crippen LogP contribution in [0.1, 0.15) is 26.4 Å². The number of thiophene rings is 1. The molecule has 2 heterocycles. The van der Waals surface area contributed by atoms with Gasteiger partial charge in [0.25, 0.3) is 5.91 Å². The molecule has 116 valence electrons. The number of hydrogen-bond donors (Lipinski definition) is 2. The highest BCUT2D eigenvalue weighted by atomic mass is 32.1. The van der Waals surface area contributed by atoms with Crippen LogP contribution in [0.4, 0.5) is 0 Å². The van der Waals surface area contributed by atoms with Gasteiger partial charge in [0.1, 0.15) is 0 Å². The lowest BCUT2D eigenvalue weighted by molar-refractivity contribution is 0.0696. The van der Waals surface area contributed by atoms with E-state index in [4.69, 9.17) is 9.52 Å². The number of oxazole rings is 1. The van der Waals surface area contributed by atoms with Gasteiger partial charge in [-0.25, -0.2) is 9.78 Å². The second-order valence-electron chi connectivity index (χ2n) is 4.70. The number of nitrogens with zero attached hydrogens (tertiary/aromatic N) is 1. The molecule has 7 heteroatoms. The molecule has 0 spiro atoms. The molecule has 0 atom stereocenters. The molecule has 0 aliphatic heterocycles. The van der Waals surface area contributed by atoms with Gasteiger partial charge >= 0.3 is 5.97 Å². The smallest absolute Gasteiger partial charge is 0.335 e. The molecular weight excluding hydrogens is 316 g/mol. The Morgan fingerprint density at radius 2 is 2.13 bits per heavy atom. The van der Waals surface area contributed by atoms with E-state index in [2.05, 4.69) is 10.3 Å². The van der Waals surface area contributed by atoms with Crippen molar-refractivity contribution < 1.29 is 19.1 Å². The van der Waals surface area contributed by atoms with Crippen molar-refractivity contribution in [1.82, 2.24) is 10.3 Å². The first-order chi connectivity index (χ1) is 11.1. The van der Waals surface area contributed by atoms with Gasteiger partial charge in [0.05, 0.1) is 10.4 Å². The minimum Gasteiger partial charge on any atom is -0.478 e. The minimum absolute atomic E-state index is 0.178. The fourth-order valence-corrected chi connectivity index (χ4v) is 2.78. The first-order valence-corrected chi connectivity index (χ1v) is 7.61. The van der Waals surface area contributed by atoms with Crippen molar-refractivity contribution in [2.24, 2.45) is 0 Å². The summed E-state index contributed by atoms with van der Waals surface area (Å²) in [5, 5.41) is 13.6. The summed E-state index contributed by atoms with van der Waals surface area (Å²) in [5.41, 5.74) is 1.08. The number of aromatic carboxylic acids is 1. The topological polar surface area (TPSA) is 92.4 Å². The number of carbonyl (C=O) groups is 2. The third-order valence-electron chi connectivity index (χ3n) is 3.15. The Morgan fingerprint density at radius 1 is 1.26 bits per heavy atom. The molecule has 0 aliphatic carbocycles. The fraction of sp³-hybridized carbons (Fsp3) is 0.0625. The van der Waals surface area contributed by atoms with Gasteiger partial charge in [-0.15, -0.1) is 11.3 Å². The monoisotopic (exact) mass is 328 g/mol. The van der Waals surface area contributed by atoms with Crippen LogP contribution in [0.2, 0.25) is 0 Å². The molecule has 1 amide bonds. The summed E-state index contributed by atoms with van der Waals surface area (Å²) >= 11 is 1.45. The highest BCUT2D eigenvalue weighted by molar-refractivity contribution is 7.13. The molecule has 6 nitrogen and oxygen atoms in total. The van der Waals surface area contributed by atoms with Crippen LogP contribution >= 0.6 is 11.3 Å². The maximum absolute atomic E-state index is 12.3. The number of carbonyl (C=O) groups excluding carboxylic acids is 1. The van der Waals surface area contributed by atoms with Gasteiger partial charge in [-0.2, -0.15) is 0 Å². The number of carboxylic acid groups (broad SMARTS) is 1. The maximum Gasteiger partial charge on any atom is 0.335 e. The summed E-state index contributed by atoms with van der Waals surface area (Å²) in [6.07, 6.45) is 1.23. The molecule has 3 rings (SSSR count). The van der Waals surface area contributed by atoms with E-state index in [1.807, 2.05) is 17.5 Å². The van der Waals surface area contributed by atoms with Crippen molar-refractivity contribution in [3.63, 3.8) is 0 Å². The quantitative estimate of drug-likeness (QED) is 0.751. The summed E-state index contributed by atoms with van der Waals surface area (Å²) in [4.78, 5) is 28.0.